The van der Waals surface area contributed by atoms with Crippen LogP contribution in [-0.4, -0.2) is 46.1 Å². The first kappa shape index (κ1) is 18.4. The summed E-state index contributed by atoms with van der Waals surface area (Å²) in [5.41, 5.74) is -1.93. The van der Waals surface area contributed by atoms with Gasteiger partial charge in [-0.2, -0.15) is 0 Å². The van der Waals surface area contributed by atoms with Gasteiger partial charge in [0.2, 0.25) is 0 Å². The molecule has 2 aliphatic carbocycles. The van der Waals surface area contributed by atoms with Gasteiger partial charge in [0.15, 0.2) is 0 Å². The maximum atomic E-state index is 12.2. The summed E-state index contributed by atoms with van der Waals surface area (Å²) in [5, 5.41) is 22.3. The van der Waals surface area contributed by atoms with Crippen LogP contribution in [0, 0.1) is 23.2 Å². The number of rotatable bonds is 2. The number of esters is 2. The third-order valence-electron chi connectivity index (χ3n) is 6.61. The van der Waals surface area contributed by atoms with E-state index in [0.29, 0.717) is 18.4 Å². The van der Waals surface area contributed by atoms with Gasteiger partial charge in [0.05, 0.1) is 17.9 Å². The third-order valence-corrected chi connectivity index (χ3v) is 6.61. The topological polar surface area (TPSA) is 93.1 Å². The fourth-order valence-corrected chi connectivity index (χ4v) is 4.87. The molecule has 0 amide bonds. The Kier molecular flexibility index (Phi) is 4.27. The summed E-state index contributed by atoms with van der Waals surface area (Å²) in [4.78, 5) is 24.4. The molecule has 7 unspecified atom stereocenters. The molecule has 0 radical (unpaired) electrons. The Balaban J connectivity index is 2.05. The summed E-state index contributed by atoms with van der Waals surface area (Å²) >= 11 is 0. The lowest BCUT2D eigenvalue weighted by Crippen LogP contribution is -2.70. The fraction of sp³-hybridized carbons (Fsp3) is 0.789. The molecule has 1 heterocycles. The number of hydrogen-bond donors (Lipinski definition) is 2. The van der Waals surface area contributed by atoms with Gasteiger partial charge in [-0.3, -0.25) is 9.59 Å². The van der Waals surface area contributed by atoms with Gasteiger partial charge >= 0.3 is 11.9 Å². The largest absolute Gasteiger partial charge is 0.462 e. The van der Waals surface area contributed by atoms with Gasteiger partial charge in [0.1, 0.15) is 17.8 Å². The number of fused-ring (bicyclic) bond motifs is 3. The molecule has 0 spiro atoms. The number of aliphatic hydroxyl groups is 2. The van der Waals surface area contributed by atoms with Crippen molar-refractivity contribution in [2.45, 2.75) is 70.9 Å². The minimum absolute atomic E-state index is 0.268. The standard InChI is InChI=1S/C19H28O6/c1-9(2)16(21)24-12-8-18(5)13(20)7-6-10(3)19(18,23)15-14(12)11(4)17(22)25-15/h9,11-15,20,23H,3,6-8H2,1-2,4-5H3. The second kappa shape index (κ2) is 5.81. The van der Waals surface area contributed by atoms with Crippen LogP contribution in [0.25, 0.3) is 0 Å². The number of hydrogen-bond acceptors (Lipinski definition) is 6. The van der Waals surface area contributed by atoms with Crippen LogP contribution >= 0.6 is 0 Å². The minimum atomic E-state index is -1.52. The fourth-order valence-electron chi connectivity index (χ4n) is 4.87. The molecule has 0 aromatic carbocycles. The van der Waals surface area contributed by atoms with Crippen LogP contribution < -0.4 is 0 Å². The first-order valence-electron chi connectivity index (χ1n) is 9.03. The van der Waals surface area contributed by atoms with Crippen molar-refractivity contribution in [1.29, 1.82) is 0 Å². The highest BCUT2D eigenvalue weighted by Crippen LogP contribution is 2.60. The van der Waals surface area contributed by atoms with Crippen LogP contribution in [0.1, 0.15) is 47.0 Å². The Morgan fingerprint density at radius 2 is 2.08 bits per heavy atom. The Labute approximate surface area is 148 Å². The van der Waals surface area contributed by atoms with E-state index >= 15 is 0 Å². The van der Waals surface area contributed by atoms with Gasteiger partial charge in [-0.15, -0.1) is 0 Å². The molecular formula is C19H28O6. The quantitative estimate of drug-likeness (QED) is 0.579. The summed E-state index contributed by atoms with van der Waals surface area (Å²) < 4.78 is 11.3. The monoisotopic (exact) mass is 352 g/mol. The highest BCUT2D eigenvalue weighted by atomic mass is 16.6. The third kappa shape index (κ3) is 2.37. The van der Waals surface area contributed by atoms with Crippen LogP contribution in [0.3, 0.4) is 0 Å². The van der Waals surface area contributed by atoms with E-state index in [2.05, 4.69) is 6.58 Å². The van der Waals surface area contributed by atoms with Crippen LogP contribution in [0.5, 0.6) is 0 Å². The summed E-state index contributed by atoms with van der Waals surface area (Å²) in [6.07, 6.45) is -1.03. The highest BCUT2D eigenvalue weighted by Gasteiger charge is 2.70. The molecule has 25 heavy (non-hydrogen) atoms. The van der Waals surface area contributed by atoms with Gasteiger partial charge < -0.3 is 19.7 Å². The number of aliphatic hydroxyl groups excluding tert-OH is 1. The van der Waals surface area contributed by atoms with Gasteiger partial charge in [0, 0.05) is 11.3 Å². The van der Waals surface area contributed by atoms with Gasteiger partial charge in [-0.25, -0.2) is 0 Å². The predicted molar refractivity (Wildman–Crippen MR) is 89.3 cm³/mol. The van der Waals surface area contributed by atoms with Crippen molar-refractivity contribution in [1.82, 2.24) is 0 Å². The molecule has 3 rings (SSSR count). The van der Waals surface area contributed by atoms with E-state index in [9.17, 15) is 19.8 Å². The highest BCUT2D eigenvalue weighted by molar-refractivity contribution is 5.76. The molecule has 2 saturated carbocycles. The molecule has 0 aromatic heterocycles. The maximum absolute atomic E-state index is 12.2. The van der Waals surface area contributed by atoms with Crippen molar-refractivity contribution < 1.29 is 29.3 Å². The number of ether oxygens (including phenoxy) is 2. The van der Waals surface area contributed by atoms with Gasteiger partial charge in [0.25, 0.3) is 0 Å². The normalized spacial score (nSPS) is 46.4. The zero-order valence-corrected chi connectivity index (χ0v) is 15.3. The molecule has 0 bridgehead atoms. The van der Waals surface area contributed by atoms with E-state index < -0.39 is 47.1 Å². The molecule has 7 atom stereocenters. The lowest BCUT2D eigenvalue weighted by atomic mass is 9.50. The molecule has 0 aromatic rings. The Morgan fingerprint density at radius 3 is 2.68 bits per heavy atom. The molecule has 3 aliphatic rings. The Morgan fingerprint density at radius 1 is 1.44 bits per heavy atom. The van der Waals surface area contributed by atoms with Crippen LogP contribution in [0.2, 0.25) is 0 Å². The van der Waals surface area contributed by atoms with Crippen molar-refractivity contribution >= 4 is 11.9 Å². The molecule has 1 aliphatic heterocycles. The summed E-state index contributed by atoms with van der Waals surface area (Å²) in [6, 6.07) is 0. The van der Waals surface area contributed by atoms with Crippen LogP contribution in [0.4, 0.5) is 0 Å². The van der Waals surface area contributed by atoms with E-state index in [1.54, 1.807) is 27.7 Å². The minimum Gasteiger partial charge on any atom is -0.462 e. The molecule has 1 saturated heterocycles. The van der Waals surface area contributed by atoms with Crippen LogP contribution in [0.15, 0.2) is 12.2 Å². The Bertz CT molecular complexity index is 613. The molecule has 3 fully saturated rings. The number of carbonyl (C=O) groups is 2. The lowest BCUT2D eigenvalue weighted by Gasteiger charge is -2.59. The summed E-state index contributed by atoms with van der Waals surface area (Å²) in [6.45, 7) is 11.0. The van der Waals surface area contributed by atoms with Crippen molar-refractivity contribution in [2.24, 2.45) is 23.2 Å². The Hall–Kier alpha value is -1.40. The van der Waals surface area contributed by atoms with E-state index in [0.717, 1.165) is 0 Å². The maximum Gasteiger partial charge on any atom is 0.309 e. The molecule has 140 valence electrons. The zero-order valence-electron chi connectivity index (χ0n) is 15.3. The first-order valence-corrected chi connectivity index (χ1v) is 9.03. The average molecular weight is 352 g/mol. The van der Waals surface area contributed by atoms with Crippen LogP contribution in [-0.2, 0) is 19.1 Å². The van der Waals surface area contributed by atoms with Crippen molar-refractivity contribution in [3.05, 3.63) is 12.2 Å². The van der Waals surface area contributed by atoms with Crippen molar-refractivity contribution in [3.8, 4) is 0 Å². The SMILES string of the molecule is C=C1CCC(O)C2(C)CC(OC(=O)C(C)C)C3C(C)C(=O)OC3C12O. The smallest absolute Gasteiger partial charge is 0.309 e. The average Bonchev–Trinajstić information content (AvgIpc) is 2.84. The number of carbonyl (C=O) groups excluding carboxylic acids is 2. The predicted octanol–water partition coefficient (Wildman–Crippen LogP) is 1.58. The molecule has 6 heteroatoms. The molecule has 6 nitrogen and oxygen atoms in total. The van der Waals surface area contributed by atoms with Gasteiger partial charge in [-0.1, -0.05) is 34.3 Å². The van der Waals surface area contributed by atoms with Crippen molar-refractivity contribution in [2.75, 3.05) is 0 Å². The van der Waals surface area contributed by atoms with Gasteiger partial charge in [-0.05, 0) is 24.8 Å². The van der Waals surface area contributed by atoms with E-state index in [1.807, 2.05) is 0 Å². The summed E-state index contributed by atoms with van der Waals surface area (Å²) in [5.74, 6) is -2.00. The van der Waals surface area contributed by atoms with E-state index in [-0.39, 0.29) is 18.3 Å². The molecule has 2 N–H and O–H groups in total. The second-order valence-corrected chi connectivity index (χ2v) is 8.40. The van der Waals surface area contributed by atoms with E-state index in [4.69, 9.17) is 9.47 Å². The lowest BCUT2D eigenvalue weighted by molar-refractivity contribution is -0.242. The zero-order chi connectivity index (χ0) is 18.7. The molecular weight excluding hydrogens is 324 g/mol. The second-order valence-electron chi connectivity index (χ2n) is 8.40. The van der Waals surface area contributed by atoms with Crippen molar-refractivity contribution in [3.63, 3.8) is 0 Å². The van der Waals surface area contributed by atoms with E-state index in [1.165, 1.54) is 0 Å². The first-order chi connectivity index (χ1) is 11.5. The summed E-state index contributed by atoms with van der Waals surface area (Å²) in [7, 11) is 0.